The van der Waals surface area contributed by atoms with Crippen molar-refractivity contribution < 1.29 is 19.1 Å². The highest BCUT2D eigenvalue weighted by molar-refractivity contribution is 5.89. The predicted octanol–water partition coefficient (Wildman–Crippen LogP) is 4.95. The number of benzene rings is 3. The van der Waals surface area contributed by atoms with Gasteiger partial charge in [0.25, 0.3) is 0 Å². The number of nitrogens with zero attached hydrogens (tertiary/aromatic N) is 1. The molecule has 1 N–H and O–H groups in total. The van der Waals surface area contributed by atoms with E-state index in [4.69, 9.17) is 9.47 Å². The van der Waals surface area contributed by atoms with Crippen molar-refractivity contribution in [3.05, 3.63) is 90.0 Å². The monoisotopic (exact) mass is 442 g/mol. The fourth-order valence-corrected chi connectivity index (χ4v) is 4.51. The van der Waals surface area contributed by atoms with E-state index in [1.165, 1.54) is 0 Å². The average molecular weight is 443 g/mol. The van der Waals surface area contributed by atoms with E-state index in [1.54, 1.807) is 17.0 Å². The highest BCUT2D eigenvalue weighted by atomic mass is 16.6. The third kappa shape index (κ3) is 4.55. The zero-order chi connectivity index (χ0) is 22.6. The molecule has 5 rings (SSSR count). The lowest BCUT2D eigenvalue weighted by Gasteiger charge is -2.32. The topological polar surface area (TPSA) is 67.9 Å². The maximum atomic E-state index is 13.3. The molecule has 2 amide bonds. The van der Waals surface area contributed by atoms with Gasteiger partial charge in [0.1, 0.15) is 17.2 Å². The average Bonchev–Trinajstić information content (AvgIpc) is 2.86. The molecule has 0 aliphatic carbocycles. The molecule has 168 valence electrons. The molecule has 0 saturated carbocycles. The largest absolute Gasteiger partial charge is 0.457 e. The van der Waals surface area contributed by atoms with E-state index in [0.717, 1.165) is 35.5 Å². The van der Waals surface area contributed by atoms with Crippen LogP contribution in [-0.2, 0) is 4.79 Å². The molecule has 0 unspecified atom stereocenters. The van der Waals surface area contributed by atoms with E-state index in [1.807, 2.05) is 66.7 Å². The summed E-state index contributed by atoms with van der Waals surface area (Å²) in [6.45, 7) is 1.83. The van der Waals surface area contributed by atoms with E-state index in [2.05, 4.69) is 5.32 Å². The van der Waals surface area contributed by atoms with Gasteiger partial charge in [0.15, 0.2) is 0 Å². The molecular formula is C27H26N2O4. The molecule has 6 heteroatoms. The Morgan fingerprint density at radius 2 is 1.42 bits per heavy atom. The molecule has 1 fully saturated rings. The first kappa shape index (κ1) is 21.1. The summed E-state index contributed by atoms with van der Waals surface area (Å²) in [6, 6.07) is 24.5. The summed E-state index contributed by atoms with van der Waals surface area (Å²) in [7, 11) is 0. The lowest BCUT2D eigenvalue weighted by Crippen LogP contribution is -2.43. The van der Waals surface area contributed by atoms with E-state index >= 15 is 0 Å². The minimum absolute atomic E-state index is 0.0240. The van der Waals surface area contributed by atoms with Gasteiger partial charge in [0.2, 0.25) is 5.91 Å². The highest BCUT2D eigenvalue weighted by Crippen LogP contribution is 2.43. The second-order valence-electron chi connectivity index (χ2n) is 8.47. The normalized spacial score (nSPS) is 15.7. The van der Waals surface area contributed by atoms with Crippen LogP contribution < -0.4 is 14.8 Å². The van der Waals surface area contributed by atoms with Gasteiger partial charge >= 0.3 is 6.09 Å². The van der Waals surface area contributed by atoms with Gasteiger partial charge in [0, 0.05) is 30.8 Å². The Balaban J connectivity index is 1.18. The number of hydrogen-bond acceptors (Lipinski definition) is 4. The van der Waals surface area contributed by atoms with Crippen LogP contribution in [0.25, 0.3) is 0 Å². The summed E-state index contributed by atoms with van der Waals surface area (Å²) in [5, 5.41) is 3.16. The zero-order valence-electron chi connectivity index (χ0n) is 18.3. The van der Waals surface area contributed by atoms with E-state index in [0.29, 0.717) is 31.3 Å². The van der Waals surface area contributed by atoms with Crippen LogP contribution in [0.5, 0.6) is 17.2 Å². The van der Waals surface area contributed by atoms with Crippen LogP contribution in [0.2, 0.25) is 0 Å². The molecule has 3 aromatic carbocycles. The molecule has 0 radical (unpaired) electrons. The van der Waals surface area contributed by atoms with Crippen molar-refractivity contribution in [3.8, 4) is 17.2 Å². The van der Waals surface area contributed by atoms with Crippen molar-refractivity contribution >= 4 is 12.0 Å². The molecular weight excluding hydrogens is 416 g/mol. The minimum atomic E-state index is -0.396. The first-order valence-corrected chi connectivity index (χ1v) is 11.3. The van der Waals surface area contributed by atoms with Gasteiger partial charge in [-0.1, -0.05) is 54.6 Å². The van der Waals surface area contributed by atoms with E-state index in [-0.39, 0.29) is 12.0 Å². The maximum Gasteiger partial charge on any atom is 0.415 e. The molecule has 33 heavy (non-hydrogen) atoms. The van der Waals surface area contributed by atoms with Crippen LogP contribution in [0.15, 0.2) is 78.9 Å². The number of hydrogen-bond donors (Lipinski definition) is 1. The lowest BCUT2D eigenvalue weighted by molar-refractivity contribution is -0.122. The molecule has 2 aliphatic heterocycles. The number of para-hydroxylation sites is 3. The highest BCUT2D eigenvalue weighted by Gasteiger charge is 2.33. The minimum Gasteiger partial charge on any atom is -0.457 e. The van der Waals surface area contributed by atoms with Crippen LogP contribution in [0.3, 0.4) is 0 Å². The van der Waals surface area contributed by atoms with Gasteiger partial charge in [-0.15, -0.1) is 0 Å². The summed E-state index contributed by atoms with van der Waals surface area (Å²) in [5.41, 5.74) is 1.76. The number of piperidine rings is 1. The van der Waals surface area contributed by atoms with Crippen molar-refractivity contribution in [2.24, 2.45) is 5.92 Å². The Bertz CT molecular complexity index is 1090. The smallest absolute Gasteiger partial charge is 0.415 e. The SMILES string of the molecule is O=C(NCC1CCN(C(=O)Oc2ccccc2)CC1)C1c2ccccc2Oc2ccccc21. The van der Waals surface area contributed by atoms with Crippen molar-refractivity contribution in [1.29, 1.82) is 0 Å². The van der Waals surface area contributed by atoms with Crippen LogP contribution >= 0.6 is 0 Å². The quantitative estimate of drug-likeness (QED) is 0.621. The van der Waals surface area contributed by atoms with Crippen molar-refractivity contribution in [3.63, 3.8) is 0 Å². The number of carbonyl (C=O) groups is 2. The Morgan fingerprint density at radius 3 is 2.06 bits per heavy atom. The first-order chi connectivity index (χ1) is 16.2. The molecule has 0 aromatic heterocycles. The number of carbonyl (C=O) groups excluding carboxylic acids is 2. The van der Waals surface area contributed by atoms with E-state index in [9.17, 15) is 9.59 Å². The fraction of sp³-hybridized carbons (Fsp3) is 0.259. The number of rotatable bonds is 4. The molecule has 1 saturated heterocycles. The summed E-state index contributed by atoms with van der Waals surface area (Å²) in [6.07, 6.45) is 1.33. The van der Waals surface area contributed by atoms with Crippen LogP contribution in [-0.4, -0.2) is 36.5 Å². The van der Waals surface area contributed by atoms with Crippen molar-refractivity contribution in [2.45, 2.75) is 18.8 Å². The third-order valence-corrected chi connectivity index (χ3v) is 6.33. The standard InChI is InChI=1S/C27H26N2O4/c30-26(25-21-10-4-6-12-23(21)33-24-13-7-5-11-22(24)25)28-18-19-14-16-29(17-15-19)27(31)32-20-8-2-1-3-9-20/h1-13,19,25H,14-18H2,(H,28,30). The molecule has 3 aromatic rings. The number of ether oxygens (including phenoxy) is 2. The predicted molar refractivity (Wildman–Crippen MR) is 125 cm³/mol. The van der Waals surface area contributed by atoms with E-state index < -0.39 is 5.92 Å². The number of fused-ring (bicyclic) bond motifs is 2. The number of likely N-dealkylation sites (tertiary alicyclic amines) is 1. The molecule has 2 aliphatic rings. The Hall–Kier alpha value is -3.80. The molecule has 0 bridgehead atoms. The van der Waals surface area contributed by atoms with Crippen LogP contribution in [0.4, 0.5) is 4.79 Å². The Morgan fingerprint density at radius 1 is 0.848 bits per heavy atom. The summed E-state index contributed by atoms with van der Waals surface area (Å²) in [4.78, 5) is 27.4. The zero-order valence-corrected chi connectivity index (χ0v) is 18.3. The van der Waals surface area contributed by atoms with Gasteiger partial charge in [-0.05, 0) is 43.0 Å². The van der Waals surface area contributed by atoms with Gasteiger partial charge in [-0.25, -0.2) is 4.79 Å². The molecule has 2 heterocycles. The summed E-state index contributed by atoms with van der Waals surface area (Å²) < 4.78 is 11.4. The number of amides is 2. The third-order valence-electron chi connectivity index (χ3n) is 6.33. The van der Waals surface area contributed by atoms with Gasteiger partial charge in [-0.3, -0.25) is 4.79 Å². The van der Waals surface area contributed by atoms with Crippen molar-refractivity contribution in [2.75, 3.05) is 19.6 Å². The lowest BCUT2D eigenvalue weighted by atomic mass is 9.87. The summed E-state index contributed by atoms with van der Waals surface area (Å²) >= 11 is 0. The first-order valence-electron chi connectivity index (χ1n) is 11.3. The van der Waals surface area contributed by atoms with Gasteiger partial charge in [-0.2, -0.15) is 0 Å². The second kappa shape index (κ2) is 9.36. The Labute approximate surface area is 193 Å². The summed E-state index contributed by atoms with van der Waals surface area (Å²) in [5.74, 6) is 1.90. The molecule has 0 spiro atoms. The number of nitrogens with one attached hydrogen (secondary N) is 1. The molecule has 6 nitrogen and oxygen atoms in total. The second-order valence-corrected chi connectivity index (χ2v) is 8.47. The molecule has 0 atom stereocenters. The maximum absolute atomic E-state index is 13.3. The van der Waals surface area contributed by atoms with Crippen LogP contribution in [0, 0.1) is 5.92 Å². The van der Waals surface area contributed by atoms with Gasteiger partial charge < -0.3 is 19.7 Å². The van der Waals surface area contributed by atoms with Gasteiger partial charge in [0.05, 0.1) is 5.92 Å². The fourth-order valence-electron chi connectivity index (χ4n) is 4.51. The van der Waals surface area contributed by atoms with Crippen molar-refractivity contribution in [1.82, 2.24) is 10.2 Å². The Kier molecular flexibility index (Phi) is 5.98. The van der Waals surface area contributed by atoms with Crippen LogP contribution in [0.1, 0.15) is 29.9 Å².